The minimum Gasteiger partial charge on any atom is -0.479 e. The number of carboxylic acids is 1. The third-order valence-corrected chi connectivity index (χ3v) is 7.57. The molecule has 214 valence electrons. The number of rotatable bonds is 3. The molecule has 4 bridgehead atoms. The van der Waals surface area contributed by atoms with Gasteiger partial charge in [0.1, 0.15) is 5.82 Å². The maximum Gasteiger partial charge on any atom is 0.337 e. The molecule has 0 unspecified atom stereocenters. The van der Waals surface area contributed by atoms with E-state index in [4.69, 9.17) is 24.3 Å². The van der Waals surface area contributed by atoms with Gasteiger partial charge in [0, 0.05) is 24.8 Å². The fraction of sp³-hybridized carbons (Fsp3) is 0.516. The van der Waals surface area contributed by atoms with Crippen molar-refractivity contribution in [2.75, 3.05) is 24.6 Å². The van der Waals surface area contributed by atoms with Gasteiger partial charge in [-0.25, -0.2) is 9.78 Å². The number of benzene rings is 1. The normalized spacial score (nSPS) is 18.6. The molecule has 0 aliphatic carbocycles. The number of aliphatic carboxylic acids is 1. The molecule has 3 aromatic rings. The van der Waals surface area contributed by atoms with Crippen LogP contribution in [-0.2, 0) is 32.2 Å². The molecule has 1 fully saturated rings. The van der Waals surface area contributed by atoms with Crippen molar-refractivity contribution in [2.24, 2.45) is 0 Å². The molecule has 6 rings (SSSR count). The lowest BCUT2D eigenvalue weighted by molar-refractivity contribution is -0.160. The molecule has 1 saturated heterocycles. The van der Waals surface area contributed by atoms with Crippen LogP contribution in [0.15, 0.2) is 30.3 Å². The zero-order chi connectivity index (χ0) is 28.7. The second-order valence-electron chi connectivity index (χ2n) is 12.1. The predicted molar refractivity (Wildman–Crippen MR) is 153 cm³/mol. The minimum atomic E-state index is -1.19. The largest absolute Gasteiger partial charge is 0.479 e. The number of ether oxygens (including phenoxy) is 3. The van der Waals surface area contributed by atoms with Crippen LogP contribution >= 0.6 is 0 Å². The van der Waals surface area contributed by atoms with Gasteiger partial charge in [-0.15, -0.1) is 0 Å². The lowest BCUT2D eigenvalue weighted by Gasteiger charge is -2.41. The van der Waals surface area contributed by atoms with E-state index in [0.29, 0.717) is 55.6 Å². The van der Waals surface area contributed by atoms with Crippen LogP contribution < -0.4 is 4.90 Å². The Hall–Kier alpha value is -3.27. The molecule has 0 radical (unpaired) electrons. The van der Waals surface area contributed by atoms with E-state index >= 15 is 0 Å². The number of hydrogen-bond donors (Lipinski definition) is 1. The topological polar surface area (TPSA) is 98.4 Å². The third kappa shape index (κ3) is 6.06. The number of fused-ring (bicyclic) bond motifs is 6. The van der Waals surface area contributed by atoms with E-state index in [-0.39, 0.29) is 5.60 Å². The average Bonchev–Trinajstić information content (AvgIpc) is 3.27. The Balaban J connectivity index is 1.61. The van der Waals surface area contributed by atoms with Crippen LogP contribution in [0.4, 0.5) is 5.82 Å². The second-order valence-corrected chi connectivity index (χ2v) is 12.1. The number of nitrogens with zero attached hydrogens (tertiary/aromatic N) is 4. The van der Waals surface area contributed by atoms with E-state index in [9.17, 15) is 9.90 Å². The van der Waals surface area contributed by atoms with Crippen LogP contribution in [0.2, 0.25) is 0 Å². The zero-order valence-electron chi connectivity index (χ0n) is 24.4. The Morgan fingerprint density at radius 2 is 1.90 bits per heavy atom. The first-order valence-electron chi connectivity index (χ1n) is 13.9. The minimum absolute atomic E-state index is 0.294. The number of anilines is 1. The smallest absolute Gasteiger partial charge is 0.337 e. The second kappa shape index (κ2) is 11.0. The molecule has 1 atom stereocenters. The summed E-state index contributed by atoms with van der Waals surface area (Å²) in [6.45, 7) is 14.3. The van der Waals surface area contributed by atoms with Crippen molar-refractivity contribution >= 4 is 23.5 Å². The van der Waals surface area contributed by atoms with Gasteiger partial charge >= 0.3 is 5.97 Å². The Bertz CT molecular complexity index is 1430. The van der Waals surface area contributed by atoms with E-state index in [1.165, 1.54) is 5.56 Å². The molecule has 9 nitrogen and oxygen atoms in total. The quantitative estimate of drug-likeness (QED) is 0.464. The highest BCUT2D eigenvalue weighted by atomic mass is 16.5. The van der Waals surface area contributed by atoms with Gasteiger partial charge < -0.3 is 24.2 Å². The lowest BCUT2D eigenvalue weighted by Crippen LogP contribution is -2.45. The van der Waals surface area contributed by atoms with E-state index in [0.717, 1.165) is 29.7 Å². The zero-order valence-corrected chi connectivity index (χ0v) is 24.4. The summed E-state index contributed by atoms with van der Waals surface area (Å²) in [5, 5.41) is 15.2. The summed E-state index contributed by atoms with van der Waals surface area (Å²) < 4.78 is 20.4. The van der Waals surface area contributed by atoms with Crippen molar-refractivity contribution in [1.29, 1.82) is 0 Å². The van der Waals surface area contributed by atoms with Crippen molar-refractivity contribution in [3.8, 4) is 0 Å². The Morgan fingerprint density at radius 3 is 2.60 bits per heavy atom. The first-order chi connectivity index (χ1) is 18.9. The molecule has 0 amide bonds. The lowest BCUT2D eigenvalue weighted by atomic mass is 9.92. The number of carboxylic acid groups (broad SMARTS) is 1. The first kappa shape index (κ1) is 28.3. The molecule has 0 spiro atoms. The number of hydrogen-bond acceptors (Lipinski definition) is 7. The Kier molecular flexibility index (Phi) is 7.74. The van der Waals surface area contributed by atoms with Crippen molar-refractivity contribution in [3.63, 3.8) is 0 Å². The highest BCUT2D eigenvalue weighted by Crippen LogP contribution is 2.37. The van der Waals surface area contributed by atoms with Crippen molar-refractivity contribution < 1.29 is 24.1 Å². The molecule has 3 aliphatic rings. The molecular weight excluding hydrogens is 508 g/mol. The number of aromatic nitrogens is 3. The molecule has 40 heavy (non-hydrogen) atoms. The van der Waals surface area contributed by atoms with Crippen LogP contribution in [0, 0.1) is 13.8 Å². The molecule has 2 aromatic heterocycles. The van der Waals surface area contributed by atoms with Crippen molar-refractivity contribution in [3.05, 3.63) is 64.0 Å². The maximum atomic E-state index is 12.6. The van der Waals surface area contributed by atoms with Gasteiger partial charge in [0.05, 0.1) is 42.3 Å². The van der Waals surface area contributed by atoms with Crippen LogP contribution in [0.3, 0.4) is 0 Å². The van der Waals surface area contributed by atoms with Gasteiger partial charge in [-0.3, -0.25) is 0 Å². The maximum absolute atomic E-state index is 12.6. The molecule has 9 heteroatoms. The molecule has 5 heterocycles. The van der Waals surface area contributed by atoms with Gasteiger partial charge in [-0.2, -0.15) is 9.61 Å². The molecule has 1 aromatic carbocycles. The van der Waals surface area contributed by atoms with E-state index in [2.05, 4.69) is 49.1 Å². The van der Waals surface area contributed by atoms with Crippen molar-refractivity contribution in [1.82, 2.24) is 14.6 Å². The van der Waals surface area contributed by atoms with Crippen LogP contribution in [0.25, 0.3) is 11.7 Å². The summed E-state index contributed by atoms with van der Waals surface area (Å²) in [4.78, 5) is 19.6. The van der Waals surface area contributed by atoms with E-state index in [1.807, 2.05) is 33.8 Å². The number of piperidine rings is 1. The summed E-state index contributed by atoms with van der Waals surface area (Å²) in [7, 11) is 0. The van der Waals surface area contributed by atoms with Gasteiger partial charge in [0.25, 0.3) is 0 Å². The highest BCUT2D eigenvalue weighted by molar-refractivity contribution is 5.78. The van der Waals surface area contributed by atoms with Crippen LogP contribution in [-0.4, -0.2) is 56.6 Å². The Morgan fingerprint density at radius 1 is 1.15 bits per heavy atom. The van der Waals surface area contributed by atoms with Crippen LogP contribution in [0.1, 0.15) is 80.3 Å². The highest BCUT2D eigenvalue weighted by Gasteiger charge is 2.37. The van der Waals surface area contributed by atoms with Crippen LogP contribution in [0.5, 0.6) is 0 Å². The number of aryl methyl sites for hydroxylation is 2. The summed E-state index contributed by atoms with van der Waals surface area (Å²) in [5.74, 6) is -0.349. The summed E-state index contributed by atoms with van der Waals surface area (Å²) in [6, 6.07) is 8.26. The molecule has 0 saturated carbocycles. The van der Waals surface area contributed by atoms with Crippen molar-refractivity contribution in [2.45, 2.75) is 84.9 Å². The van der Waals surface area contributed by atoms with Gasteiger partial charge in [-0.1, -0.05) is 35.9 Å². The monoisotopic (exact) mass is 548 g/mol. The summed E-state index contributed by atoms with van der Waals surface area (Å²) in [6.07, 6.45) is 4.56. The van der Waals surface area contributed by atoms with E-state index < -0.39 is 17.7 Å². The molecule has 3 aliphatic heterocycles. The summed E-state index contributed by atoms with van der Waals surface area (Å²) >= 11 is 0. The van der Waals surface area contributed by atoms with Gasteiger partial charge in [0.2, 0.25) is 0 Å². The number of carbonyl (C=O) groups is 1. The Labute approximate surface area is 235 Å². The predicted octanol–water partition coefficient (Wildman–Crippen LogP) is 5.41. The fourth-order valence-corrected chi connectivity index (χ4v) is 5.46. The van der Waals surface area contributed by atoms with Gasteiger partial charge in [-0.05, 0) is 65.5 Å². The standard InChI is InChI=1S/C31H40N4O5/c1-20-9-10-23-18-38-19-24-17-25-32-21(2)26(27(29(36)37)40-30(3,4)5)28(35(25)33-24)34-13-11-31(6,12-14-34)39-15-7-8-22(23)16-20/h7-10,16-17,27H,11-15,18-19H2,1-6H3,(H,36,37)/t27-/m0/s1. The molecule has 1 N–H and O–H groups in total. The van der Waals surface area contributed by atoms with E-state index in [1.54, 1.807) is 4.52 Å². The SMILES string of the molecule is Cc1ccc2c(c1)C=CCOC1(C)CCN(CC1)c1c([C@H](OC(C)(C)C)C(=O)O)c(C)nc3cc(nn13)COC2. The summed E-state index contributed by atoms with van der Waals surface area (Å²) in [5.41, 5.74) is 4.95. The first-order valence-corrected chi connectivity index (χ1v) is 13.9. The van der Waals surface area contributed by atoms with Gasteiger partial charge in [0.15, 0.2) is 11.8 Å². The molecular formula is C31H40N4O5. The fourth-order valence-electron chi connectivity index (χ4n) is 5.46. The third-order valence-electron chi connectivity index (χ3n) is 7.57. The average molecular weight is 549 g/mol.